The van der Waals surface area contributed by atoms with Gasteiger partial charge < -0.3 is 4.90 Å². The number of carbonyl (C=O) groups is 1. The Bertz CT molecular complexity index is 139. The Morgan fingerprint density at radius 2 is 2.25 bits per heavy atom. The Labute approximate surface area is 74.1 Å². The van der Waals surface area contributed by atoms with E-state index in [0.717, 1.165) is 39.0 Å². The van der Waals surface area contributed by atoms with Crippen LogP contribution in [0, 0.1) is 0 Å². The van der Waals surface area contributed by atoms with Crippen molar-refractivity contribution in [2.75, 3.05) is 26.2 Å². The van der Waals surface area contributed by atoms with Gasteiger partial charge in [-0.15, -0.1) is 0 Å². The molecule has 0 aromatic rings. The minimum Gasteiger partial charge on any atom is -0.341 e. The number of amides is 1. The van der Waals surface area contributed by atoms with Crippen LogP contribution in [0.15, 0.2) is 0 Å². The summed E-state index contributed by atoms with van der Waals surface area (Å²) in [5.41, 5.74) is 0. The zero-order valence-corrected chi connectivity index (χ0v) is 7.75. The molecule has 0 atom stereocenters. The second-order valence-corrected chi connectivity index (χ2v) is 3.16. The van der Waals surface area contributed by atoms with Gasteiger partial charge in [-0.3, -0.25) is 4.79 Å². The highest BCUT2D eigenvalue weighted by Crippen LogP contribution is 2.01. The van der Waals surface area contributed by atoms with Crippen molar-refractivity contribution in [2.45, 2.75) is 26.2 Å². The van der Waals surface area contributed by atoms with Gasteiger partial charge in [-0.05, 0) is 12.8 Å². The van der Waals surface area contributed by atoms with Gasteiger partial charge in [0, 0.05) is 32.6 Å². The first-order valence-corrected chi connectivity index (χ1v) is 4.75. The van der Waals surface area contributed by atoms with Gasteiger partial charge in [0.15, 0.2) is 0 Å². The molecule has 69 valence electrons. The molecule has 12 heavy (non-hydrogen) atoms. The van der Waals surface area contributed by atoms with Gasteiger partial charge in [-0.2, -0.15) is 0 Å². The molecule has 1 fully saturated rings. The minimum absolute atomic E-state index is 0.301. The number of nitrogens with zero attached hydrogens (tertiary/aromatic N) is 2. The number of carbonyl (C=O) groups excluding carboxylic acids is 1. The highest BCUT2D eigenvalue weighted by atomic mass is 16.2. The monoisotopic (exact) mass is 169 g/mol. The smallest absolute Gasteiger partial charge is 0.222 e. The van der Waals surface area contributed by atoms with Crippen LogP contribution in [0.1, 0.15) is 26.2 Å². The largest absolute Gasteiger partial charge is 0.341 e. The molecule has 0 N–H and O–H groups in total. The second kappa shape index (κ2) is 5.14. The van der Waals surface area contributed by atoms with Crippen LogP contribution in [-0.2, 0) is 4.79 Å². The molecule has 1 amide bonds. The van der Waals surface area contributed by atoms with Crippen molar-refractivity contribution in [3.05, 3.63) is 0 Å². The molecule has 3 nitrogen and oxygen atoms in total. The van der Waals surface area contributed by atoms with Crippen molar-refractivity contribution in [1.29, 1.82) is 0 Å². The Balaban J connectivity index is 2.32. The van der Waals surface area contributed by atoms with Crippen molar-refractivity contribution in [2.24, 2.45) is 0 Å². The molecule has 0 aromatic carbocycles. The Hall–Kier alpha value is -0.570. The summed E-state index contributed by atoms with van der Waals surface area (Å²) in [6, 6.07) is 0. The first kappa shape index (κ1) is 9.52. The van der Waals surface area contributed by atoms with Gasteiger partial charge in [-0.25, -0.2) is 5.32 Å². The minimum atomic E-state index is 0.301. The molecule has 1 radical (unpaired) electrons. The number of hydrogen-bond acceptors (Lipinski definition) is 1. The predicted molar refractivity (Wildman–Crippen MR) is 48.0 cm³/mol. The first-order valence-electron chi connectivity index (χ1n) is 4.75. The molecule has 1 rings (SSSR count). The van der Waals surface area contributed by atoms with E-state index in [0.29, 0.717) is 12.3 Å². The topological polar surface area (TPSA) is 34.4 Å². The third kappa shape index (κ3) is 2.81. The lowest BCUT2D eigenvalue weighted by atomic mass is 10.3. The van der Waals surface area contributed by atoms with Gasteiger partial charge >= 0.3 is 0 Å². The fourth-order valence-electron chi connectivity index (χ4n) is 1.41. The van der Waals surface area contributed by atoms with Crippen molar-refractivity contribution < 1.29 is 4.79 Å². The van der Waals surface area contributed by atoms with Crippen LogP contribution in [0.25, 0.3) is 0 Å². The van der Waals surface area contributed by atoms with Gasteiger partial charge in [0.05, 0.1) is 0 Å². The van der Waals surface area contributed by atoms with Crippen LogP contribution in [0.2, 0.25) is 0 Å². The van der Waals surface area contributed by atoms with E-state index in [9.17, 15) is 4.79 Å². The van der Waals surface area contributed by atoms with E-state index in [1.54, 1.807) is 0 Å². The quantitative estimate of drug-likeness (QED) is 0.597. The molecular formula is C9H17N2O. The summed E-state index contributed by atoms with van der Waals surface area (Å²) in [4.78, 5) is 13.4. The summed E-state index contributed by atoms with van der Waals surface area (Å²) in [7, 11) is 0. The van der Waals surface area contributed by atoms with Gasteiger partial charge in [0.2, 0.25) is 5.91 Å². The summed E-state index contributed by atoms with van der Waals surface area (Å²) >= 11 is 0. The van der Waals surface area contributed by atoms with Crippen LogP contribution in [-0.4, -0.2) is 37.0 Å². The molecule has 3 heteroatoms. The zero-order valence-electron chi connectivity index (χ0n) is 7.75. The second-order valence-electron chi connectivity index (χ2n) is 3.16. The van der Waals surface area contributed by atoms with E-state index >= 15 is 0 Å². The standard InChI is InChI=1S/C9H17N2O/c1-2-4-9(12)11-7-3-5-10-6-8-11/h2-8H2,1H3. The fraction of sp³-hybridized carbons (Fsp3) is 0.889. The van der Waals surface area contributed by atoms with E-state index in [1.165, 1.54) is 0 Å². The Kier molecular flexibility index (Phi) is 4.08. The summed E-state index contributed by atoms with van der Waals surface area (Å²) in [5.74, 6) is 0.301. The van der Waals surface area contributed by atoms with E-state index in [1.807, 2.05) is 11.8 Å². The van der Waals surface area contributed by atoms with Gasteiger partial charge in [-0.1, -0.05) is 6.92 Å². The third-order valence-electron chi connectivity index (χ3n) is 2.09. The molecule has 1 heterocycles. The van der Waals surface area contributed by atoms with E-state index in [2.05, 4.69) is 5.32 Å². The first-order chi connectivity index (χ1) is 5.84. The highest BCUT2D eigenvalue weighted by molar-refractivity contribution is 5.76. The summed E-state index contributed by atoms with van der Waals surface area (Å²) in [5, 5.41) is 4.27. The molecule has 1 saturated heterocycles. The predicted octanol–water partition coefficient (Wildman–Crippen LogP) is 0.623. The van der Waals surface area contributed by atoms with Crippen LogP contribution in [0.5, 0.6) is 0 Å². The van der Waals surface area contributed by atoms with Crippen molar-refractivity contribution >= 4 is 5.91 Å². The lowest BCUT2D eigenvalue weighted by Crippen LogP contribution is -2.33. The summed E-state index contributed by atoms with van der Waals surface area (Å²) in [6.07, 6.45) is 2.68. The summed E-state index contributed by atoms with van der Waals surface area (Å²) in [6.45, 7) is 5.53. The molecule has 0 saturated carbocycles. The molecule has 0 unspecified atom stereocenters. The lowest BCUT2D eigenvalue weighted by molar-refractivity contribution is -0.131. The highest BCUT2D eigenvalue weighted by Gasteiger charge is 2.13. The van der Waals surface area contributed by atoms with Gasteiger partial charge in [0.1, 0.15) is 0 Å². The van der Waals surface area contributed by atoms with Crippen molar-refractivity contribution in [3.8, 4) is 0 Å². The van der Waals surface area contributed by atoms with Crippen LogP contribution < -0.4 is 5.32 Å². The summed E-state index contributed by atoms with van der Waals surface area (Å²) < 4.78 is 0. The Morgan fingerprint density at radius 1 is 1.42 bits per heavy atom. The molecule has 0 spiro atoms. The van der Waals surface area contributed by atoms with Crippen molar-refractivity contribution in [3.63, 3.8) is 0 Å². The number of hydrogen-bond donors (Lipinski definition) is 0. The van der Waals surface area contributed by atoms with E-state index < -0.39 is 0 Å². The third-order valence-corrected chi connectivity index (χ3v) is 2.09. The molecule has 1 aliphatic heterocycles. The normalized spacial score (nSPS) is 18.9. The lowest BCUT2D eigenvalue weighted by Gasteiger charge is -2.19. The van der Waals surface area contributed by atoms with Crippen LogP contribution >= 0.6 is 0 Å². The van der Waals surface area contributed by atoms with Crippen LogP contribution in [0.4, 0.5) is 0 Å². The average Bonchev–Trinajstić information content (AvgIpc) is 2.32. The molecule has 0 aliphatic carbocycles. The van der Waals surface area contributed by atoms with E-state index in [-0.39, 0.29) is 0 Å². The van der Waals surface area contributed by atoms with Crippen molar-refractivity contribution in [1.82, 2.24) is 10.2 Å². The molecular weight excluding hydrogens is 152 g/mol. The zero-order chi connectivity index (χ0) is 8.81. The fourth-order valence-corrected chi connectivity index (χ4v) is 1.41. The average molecular weight is 169 g/mol. The molecule has 0 aromatic heterocycles. The van der Waals surface area contributed by atoms with Gasteiger partial charge in [0.25, 0.3) is 0 Å². The molecule has 1 aliphatic rings. The maximum Gasteiger partial charge on any atom is 0.222 e. The number of rotatable bonds is 2. The SMILES string of the molecule is CCCC(=O)N1CCC[N]CC1. The van der Waals surface area contributed by atoms with Crippen LogP contribution in [0.3, 0.4) is 0 Å². The Morgan fingerprint density at radius 3 is 3.00 bits per heavy atom. The van der Waals surface area contributed by atoms with E-state index in [4.69, 9.17) is 0 Å². The maximum absolute atomic E-state index is 11.4. The molecule has 0 bridgehead atoms. The maximum atomic E-state index is 11.4.